The number of nitrogens with zero attached hydrogens (tertiary/aromatic N) is 3. The lowest BCUT2D eigenvalue weighted by molar-refractivity contribution is -0.913. The van der Waals surface area contributed by atoms with Crippen molar-refractivity contribution in [1.29, 1.82) is 0 Å². The lowest BCUT2D eigenvalue weighted by Gasteiger charge is -2.16. The minimum absolute atomic E-state index is 0.0195. The van der Waals surface area contributed by atoms with Crippen LogP contribution in [0.3, 0.4) is 0 Å². The Morgan fingerprint density at radius 3 is 2.67 bits per heavy atom. The molecule has 0 radical (unpaired) electrons. The summed E-state index contributed by atoms with van der Waals surface area (Å²) in [7, 11) is 0. The fourth-order valence-electron chi connectivity index (χ4n) is 3.12. The van der Waals surface area contributed by atoms with Crippen LogP contribution in [0.1, 0.15) is 29.9 Å². The molecule has 11 heteroatoms. The lowest BCUT2D eigenvalue weighted by Crippen LogP contribution is -2.42. The van der Waals surface area contributed by atoms with E-state index in [-0.39, 0.29) is 28.7 Å². The molecule has 0 spiro atoms. The fourth-order valence-corrected chi connectivity index (χ4v) is 3.53. The first-order valence-electron chi connectivity index (χ1n) is 9.81. The van der Waals surface area contributed by atoms with E-state index < -0.39 is 24.1 Å². The Bertz CT molecular complexity index is 1230. The smallest absolute Gasteiger partial charge is 0.353 e. The van der Waals surface area contributed by atoms with Crippen LogP contribution in [0.2, 0.25) is 10.0 Å². The van der Waals surface area contributed by atoms with Gasteiger partial charge in [-0.05, 0) is 42.8 Å². The summed E-state index contributed by atoms with van der Waals surface area (Å²) in [4.78, 5) is 16.3. The average Bonchev–Trinajstić information content (AvgIpc) is 2.76. The van der Waals surface area contributed by atoms with Crippen molar-refractivity contribution < 1.29 is 28.7 Å². The highest BCUT2D eigenvalue weighted by molar-refractivity contribution is 6.31. The number of aromatic nitrogens is 2. The molecule has 3 aromatic rings. The minimum Gasteiger partial charge on any atom is -0.427 e. The second-order valence-electron chi connectivity index (χ2n) is 7.27. The van der Waals surface area contributed by atoms with Crippen molar-refractivity contribution in [2.45, 2.75) is 25.3 Å². The molecule has 0 aliphatic carbocycles. The Hall–Kier alpha value is -3.17. The van der Waals surface area contributed by atoms with Crippen molar-refractivity contribution in [1.82, 2.24) is 10.0 Å². The van der Waals surface area contributed by atoms with Gasteiger partial charge in [-0.2, -0.15) is 13.5 Å². The van der Waals surface area contributed by atoms with E-state index in [0.717, 1.165) is 17.8 Å². The Morgan fingerprint density at radius 1 is 1.21 bits per heavy atom. The van der Waals surface area contributed by atoms with Gasteiger partial charge < -0.3 is 10.5 Å². The lowest BCUT2D eigenvalue weighted by atomic mass is 10.1. The summed E-state index contributed by atoms with van der Waals surface area (Å²) in [5.41, 5.74) is -0.132. The summed E-state index contributed by atoms with van der Waals surface area (Å²) in [6.45, 7) is 0.709. The number of halogens is 4. The van der Waals surface area contributed by atoms with Crippen molar-refractivity contribution in [3.8, 4) is 0 Å². The van der Waals surface area contributed by atoms with Crippen LogP contribution in [0.5, 0.6) is 0 Å². The van der Waals surface area contributed by atoms with E-state index in [1.54, 1.807) is 31.2 Å². The van der Waals surface area contributed by atoms with Crippen molar-refractivity contribution in [2.75, 3.05) is 6.54 Å². The highest BCUT2D eigenvalue weighted by Crippen LogP contribution is 2.25. The molecule has 0 aliphatic rings. The van der Waals surface area contributed by atoms with Gasteiger partial charge in [-0.25, -0.2) is 0 Å². The molecule has 1 aromatic carbocycles. The zero-order chi connectivity index (χ0) is 24.2. The van der Waals surface area contributed by atoms with Crippen molar-refractivity contribution in [3.63, 3.8) is 0 Å². The third-order valence-corrected chi connectivity index (χ3v) is 5.41. The molecule has 0 aliphatic heterocycles. The quantitative estimate of drug-likeness (QED) is 0.343. The molecule has 33 heavy (non-hydrogen) atoms. The monoisotopic (exact) mass is 497 g/mol. The molecule has 3 rings (SSSR count). The molecule has 7 nitrogen and oxygen atoms in total. The molecule has 2 heterocycles. The van der Waals surface area contributed by atoms with E-state index in [0.29, 0.717) is 14.5 Å². The third-order valence-electron chi connectivity index (χ3n) is 4.83. The van der Waals surface area contributed by atoms with E-state index in [4.69, 9.17) is 23.2 Å². The van der Waals surface area contributed by atoms with Crippen LogP contribution in [-0.2, 0) is 17.1 Å². The van der Waals surface area contributed by atoms with E-state index in [1.807, 2.05) is 0 Å². The third kappa shape index (κ3) is 6.00. The summed E-state index contributed by atoms with van der Waals surface area (Å²) in [5, 5.41) is 23.4. The Morgan fingerprint density at radius 2 is 1.97 bits per heavy atom. The van der Waals surface area contributed by atoms with Crippen LogP contribution >= 0.6 is 23.2 Å². The van der Waals surface area contributed by atoms with Gasteiger partial charge in [-0.3, -0.25) is 15.0 Å². The highest BCUT2D eigenvalue weighted by atomic mass is 35.5. The van der Waals surface area contributed by atoms with Crippen LogP contribution in [0, 0.1) is 0 Å². The molecule has 0 bridgehead atoms. The fraction of sp³-hybridized carbons (Fsp3) is 0.227. The summed E-state index contributed by atoms with van der Waals surface area (Å²) in [6.07, 6.45) is 0.744. The van der Waals surface area contributed by atoms with Crippen molar-refractivity contribution >= 4 is 29.1 Å². The SMILES string of the molecule is CC(NC(=O)Cc1c(Cl)ccc(=NCC(F)(F)c2cccc[n+]2O)n1O)c1cccc(Cl)c1. The number of carbonyl (C=O) groups is 1. The number of alkyl halides is 2. The van der Waals surface area contributed by atoms with Gasteiger partial charge >= 0.3 is 11.6 Å². The maximum absolute atomic E-state index is 14.5. The first-order valence-corrected chi connectivity index (χ1v) is 10.6. The maximum atomic E-state index is 14.5. The van der Waals surface area contributed by atoms with Crippen LogP contribution in [0.4, 0.5) is 8.78 Å². The largest absolute Gasteiger partial charge is 0.427 e. The topological polar surface area (TPSA) is 90.7 Å². The van der Waals surface area contributed by atoms with Gasteiger partial charge in [0.1, 0.15) is 6.54 Å². The normalized spacial score (nSPS) is 13.1. The van der Waals surface area contributed by atoms with E-state index in [1.165, 1.54) is 24.3 Å². The highest BCUT2D eigenvalue weighted by Gasteiger charge is 2.41. The van der Waals surface area contributed by atoms with Crippen molar-refractivity contribution in [3.05, 3.63) is 93.3 Å². The Balaban J connectivity index is 1.79. The van der Waals surface area contributed by atoms with Gasteiger partial charge in [0.15, 0.2) is 5.49 Å². The number of carbonyl (C=O) groups excluding carboxylic acids is 1. The van der Waals surface area contributed by atoms with Gasteiger partial charge in [-0.1, -0.05) is 35.3 Å². The van der Waals surface area contributed by atoms with E-state index in [2.05, 4.69) is 10.3 Å². The van der Waals surface area contributed by atoms with Gasteiger partial charge in [0, 0.05) is 21.9 Å². The zero-order valence-corrected chi connectivity index (χ0v) is 18.9. The molecule has 174 valence electrons. The van der Waals surface area contributed by atoms with Gasteiger partial charge in [0.25, 0.3) is 0 Å². The first kappa shape index (κ1) is 24.5. The summed E-state index contributed by atoms with van der Waals surface area (Å²) < 4.78 is 29.8. The Labute approximate surface area is 198 Å². The molecule has 1 unspecified atom stereocenters. The van der Waals surface area contributed by atoms with Gasteiger partial charge in [0.2, 0.25) is 12.1 Å². The number of hydrogen-bond acceptors (Lipinski definition) is 4. The number of hydrogen-bond donors (Lipinski definition) is 3. The Kier molecular flexibility index (Phi) is 7.55. The summed E-state index contributed by atoms with van der Waals surface area (Å²) >= 11 is 12.1. The van der Waals surface area contributed by atoms with Gasteiger partial charge in [-0.15, -0.1) is 0 Å². The second kappa shape index (κ2) is 10.2. The number of amides is 1. The number of benzene rings is 1. The predicted molar refractivity (Wildman–Crippen MR) is 116 cm³/mol. The zero-order valence-electron chi connectivity index (χ0n) is 17.4. The predicted octanol–water partition coefficient (Wildman–Crippen LogP) is 3.67. The molecule has 0 fully saturated rings. The van der Waals surface area contributed by atoms with Crippen LogP contribution in [0.15, 0.2) is 65.8 Å². The van der Waals surface area contributed by atoms with E-state index >= 15 is 0 Å². The number of nitrogens with one attached hydrogen (secondary N) is 1. The average molecular weight is 498 g/mol. The molecule has 3 N–H and O–H groups in total. The maximum Gasteiger partial charge on any atom is 0.353 e. The molecular formula is C22H21Cl2F2N4O3+. The molecule has 0 saturated heterocycles. The van der Waals surface area contributed by atoms with Crippen LogP contribution in [0.25, 0.3) is 0 Å². The first-order chi connectivity index (χ1) is 15.6. The number of pyridine rings is 2. The standard InChI is InChI=1S/C22H20Cl2F2N4O3/c1-14(15-5-4-6-16(23)11-15)28-21(31)12-18-17(24)8-9-20(30(18)33)27-13-22(25,26)19-7-2-3-10-29(19)32/h2-11,14,33H,12-13H2,1H3,(H-,28,31,32)/p+1. The molecule has 1 amide bonds. The minimum atomic E-state index is -3.52. The van der Waals surface area contributed by atoms with Crippen molar-refractivity contribution in [2.24, 2.45) is 4.99 Å². The van der Waals surface area contributed by atoms with Crippen LogP contribution in [-0.4, -0.2) is 27.6 Å². The molecular weight excluding hydrogens is 477 g/mol. The van der Waals surface area contributed by atoms with Gasteiger partial charge in [0.05, 0.1) is 23.2 Å². The molecule has 2 aromatic heterocycles. The molecule has 0 saturated carbocycles. The summed E-state index contributed by atoms with van der Waals surface area (Å²) in [5.74, 6) is -3.98. The second-order valence-corrected chi connectivity index (χ2v) is 8.11. The van der Waals surface area contributed by atoms with Crippen LogP contribution < -0.4 is 15.5 Å². The molecule has 1 atom stereocenters. The number of rotatable bonds is 7. The summed E-state index contributed by atoms with van der Waals surface area (Å²) in [6, 6.07) is 13.0. The van der Waals surface area contributed by atoms with E-state index in [9.17, 15) is 24.0 Å².